The Bertz CT molecular complexity index is 1590. The number of rotatable bonds is 6. The van der Waals surface area contributed by atoms with Crippen molar-refractivity contribution in [1.29, 1.82) is 0 Å². The quantitative estimate of drug-likeness (QED) is 0.328. The number of fused-ring (bicyclic) bond motifs is 3. The van der Waals surface area contributed by atoms with Crippen molar-refractivity contribution in [2.75, 3.05) is 12.4 Å². The average molecular weight is 513 g/mol. The van der Waals surface area contributed by atoms with Gasteiger partial charge in [0.05, 0.1) is 6.33 Å². The van der Waals surface area contributed by atoms with Crippen molar-refractivity contribution in [3.8, 4) is 16.3 Å². The molecule has 5 aromatic rings. The lowest BCUT2D eigenvalue weighted by molar-refractivity contribution is -0.274. The molecule has 0 saturated heterocycles. The lowest BCUT2D eigenvalue weighted by atomic mass is 10.1. The first-order valence-corrected chi connectivity index (χ1v) is 11.6. The van der Waals surface area contributed by atoms with Crippen LogP contribution < -0.4 is 15.4 Å². The zero-order valence-electron chi connectivity index (χ0n) is 19.1. The molecule has 0 bridgehead atoms. The van der Waals surface area contributed by atoms with Crippen molar-refractivity contribution < 1.29 is 22.7 Å². The van der Waals surface area contributed by atoms with Crippen LogP contribution in [0.5, 0.6) is 5.75 Å². The molecule has 0 unspecified atom stereocenters. The molecule has 2 aromatic carbocycles. The van der Waals surface area contributed by atoms with Gasteiger partial charge in [-0.3, -0.25) is 4.79 Å². The molecule has 0 saturated carbocycles. The second kappa shape index (κ2) is 9.11. The maximum atomic E-state index is 12.8. The van der Waals surface area contributed by atoms with E-state index in [-0.39, 0.29) is 18.2 Å². The third kappa shape index (κ3) is 4.67. The summed E-state index contributed by atoms with van der Waals surface area (Å²) in [4.78, 5) is 27.4. The van der Waals surface area contributed by atoms with E-state index in [4.69, 9.17) is 4.98 Å². The highest BCUT2D eigenvalue weighted by Crippen LogP contribution is 2.35. The standard InChI is InChI=1S/C24H19F3N6O2S/c1-28-20-17-19(33(2)12-30-17)18-23(32-20)36-22(31-18)15-7-4-6-14(10-15)21(34)29-11-13-5-3-8-16(9-13)35-24(25,26)27/h3-10,12H,11H2,1-2H3,(H,28,32)(H,29,34). The van der Waals surface area contributed by atoms with Crippen LogP contribution in [0.15, 0.2) is 54.9 Å². The predicted octanol–water partition coefficient (Wildman–Crippen LogP) is 5.12. The molecular weight excluding hydrogens is 493 g/mol. The van der Waals surface area contributed by atoms with Crippen LogP contribution in [0, 0.1) is 0 Å². The van der Waals surface area contributed by atoms with Crippen molar-refractivity contribution in [2.24, 2.45) is 7.05 Å². The minimum absolute atomic E-state index is 0.0362. The van der Waals surface area contributed by atoms with Crippen molar-refractivity contribution in [3.05, 3.63) is 66.0 Å². The van der Waals surface area contributed by atoms with Gasteiger partial charge in [0.15, 0.2) is 5.82 Å². The van der Waals surface area contributed by atoms with E-state index in [1.165, 1.54) is 29.5 Å². The Kier molecular flexibility index (Phi) is 5.96. The largest absolute Gasteiger partial charge is 0.573 e. The highest BCUT2D eigenvalue weighted by atomic mass is 32.1. The molecule has 1 amide bonds. The summed E-state index contributed by atoms with van der Waals surface area (Å²) in [6.45, 7) is 0.0362. The molecule has 184 valence electrons. The molecule has 36 heavy (non-hydrogen) atoms. The van der Waals surface area contributed by atoms with Gasteiger partial charge in [-0.25, -0.2) is 15.0 Å². The third-order valence-corrected chi connectivity index (χ3v) is 6.40. The fourth-order valence-electron chi connectivity index (χ4n) is 3.81. The van der Waals surface area contributed by atoms with Crippen LogP contribution in [0.3, 0.4) is 0 Å². The molecule has 5 rings (SSSR count). The molecule has 12 heteroatoms. The van der Waals surface area contributed by atoms with Crippen molar-refractivity contribution in [3.63, 3.8) is 0 Å². The van der Waals surface area contributed by atoms with Crippen molar-refractivity contribution in [1.82, 2.24) is 24.8 Å². The fraction of sp³-hybridized carbons (Fsp3) is 0.167. The number of aromatic nitrogens is 4. The fourth-order valence-corrected chi connectivity index (χ4v) is 4.75. The van der Waals surface area contributed by atoms with Gasteiger partial charge >= 0.3 is 6.36 Å². The molecule has 0 aliphatic rings. The Morgan fingerprint density at radius 1 is 1.11 bits per heavy atom. The zero-order valence-corrected chi connectivity index (χ0v) is 19.9. The van der Waals surface area contributed by atoms with Gasteiger partial charge in [0.2, 0.25) is 0 Å². The smallest absolute Gasteiger partial charge is 0.406 e. The zero-order chi connectivity index (χ0) is 25.4. The first kappa shape index (κ1) is 23.5. The molecule has 0 spiro atoms. The highest BCUT2D eigenvalue weighted by molar-refractivity contribution is 7.21. The number of thiazole rings is 1. The number of halogens is 3. The summed E-state index contributed by atoms with van der Waals surface area (Å²) in [6, 6.07) is 12.5. The number of carbonyl (C=O) groups excluding carboxylic acids is 1. The van der Waals surface area contributed by atoms with Gasteiger partial charge in [-0.2, -0.15) is 0 Å². The van der Waals surface area contributed by atoms with Gasteiger partial charge in [0, 0.05) is 31.8 Å². The Morgan fingerprint density at radius 3 is 2.69 bits per heavy atom. The van der Waals surface area contributed by atoms with Gasteiger partial charge in [0.1, 0.15) is 32.1 Å². The Morgan fingerprint density at radius 2 is 1.92 bits per heavy atom. The molecule has 0 aliphatic heterocycles. The number of imidazole rings is 1. The number of hydrogen-bond donors (Lipinski definition) is 2. The highest BCUT2D eigenvalue weighted by Gasteiger charge is 2.31. The monoisotopic (exact) mass is 512 g/mol. The maximum absolute atomic E-state index is 12.8. The molecule has 3 heterocycles. The van der Waals surface area contributed by atoms with Crippen LogP contribution in [-0.2, 0) is 13.6 Å². The number of benzene rings is 2. The van der Waals surface area contributed by atoms with Crippen LogP contribution in [0.4, 0.5) is 19.0 Å². The number of alkyl halides is 3. The summed E-state index contributed by atoms with van der Waals surface area (Å²) >= 11 is 1.40. The molecule has 0 fully saturated rings. The molecule has 8 nitrogen and oxygen atoms in total. The summed E-state index contributed by atoms with van der Waals surface area (Å²) in [7, 11) is 3.68. The molecule has 0 atom stereocenters. The van der Waals surface area contributed by atoms with E-state index < -0.39 is 6.36 Å². The van der Waals surface area contributed by atoms with Crippen molar-refractivity contribution in [2.45, 2.75) is 12.9 Å². The molecule has 0 radical (unpaired) electrons. The lowest BCUT2D eigenvalue weighted by Gasteiger charge is -2.11. The Labute approximate surface area is 206 Å². The lowest BCUT2D eigenvalue weighted by Crippen LogP contribution is -2.23. The molecule has 3 aromatic heterocycles. The molecule has 0 aliphatic carbocycles. The SMILES string of the molecule is CNc1nc2sc(-c3cccc(C(=O)NCc4cccc(OC(F)(F)F)c4)c3)nc2c2c1ncn2C. The van der Waals surface area contributed by atoms with Crippen LogP contribution >= 0.6 is 11.3 Å². The van der Waals surface area contributed by atoms with E-state index in [9.17, 15) is 18.0 Å². The van der Waals surface area contributed by atoms with Crippen LogP contribution in [0.1, 0.15) is 15.9 Å². The number of amides is 1. The van der Waals surface area contributed by atoms with Crippen LogP contribution in [0.2, 0.25) is 0 Å². The second-order valence-electron chi connectivity index (χ2n) is 7.89. The summed E-state index contributed by atoms with van der Waals surface area (Å²) in [5.74, 6) is -0.0551. The number of nitrogens with zero attached hydrogens (tertiary/aromatic N) is 4. The van der Waals surface area contributed by atoms with Crippen LogP contribution in [-0.4, -0.2) is 38.8 Å². The first-order valence-electron chi connectivity index (χ1n) is 10.7. The van der Waals surface area contributed by atoms with E-state index in [2.05, 4.69) is 25.3 Å². The third-order valence-electron chi connectivity index (χ3n) is 5.40. The normalized spacial score (nSPS) is 11.7. The molecular formula is C24H19F3N6O2S. The summed E-state index contributed by atoms with van der Waals surface area (Å²) in [6.07, 6.45) is -3.07. The van der Waals surface area contributed by atoms with Gasteiger partial charge in [-0.15, -0.1) is 13.2 Å². The molecule has 2 N–H and O–H groups in total. The number of aryl methyl sites for hydroxylation is 1. The average Bonchev–Trinajstić information content (AvgIpc) is 3.45. The second-order valence-corrected chi connectivity index (χ2v) is 8.87. The summed E-state index contributed by atoms with van der Waals surface area (Å²) in [5.41, 5.74) is 3.91. The van der Waals surface area contributed by atoms with Crippen molar-refractivity contribution >= 4 is 44.4 Å². The number of carbonyl (C=O) groups is 1. The van der Waals surface area contributed by atoms with Gasteiger partial charge in [-0.05, 0) is 29.8 Å². The number of ether oxygens (including phenoxy) is 1. The predicted molar refractivity (Wildman–Crippen MR) is 131 cm³/mol. The van der Waals surface area contributed by atoms with E-state index in [0.29, 0.717) is 22.0 Å². The summed E-state index contributed by atoms with van der Waals surface area (Å²) < 4.78 is 43.2. The van der Waals surface area contributed by atoms with E-state index in [1.807, 2.05) is 17.7 Å². The first-order chi connectivity index (χ1) is 17.2. The van der Waals surface area contributed by atoms with Gasteiger partial charge in [0.25, 0.3) is 5.91 Å². The number of anilines is 1. The number of pyridine rings is 1. The van der Waals surface area contributed by atoms with E-state index in [0.717, 1.165) is 26.9 Å². The minimum atomic E-state index is -4.78. The maximum Gasteiger partial charge on any atom is 0.573 e. The Hall–Kier alpha value is -4.19. The van der Waals surface area contributed by atoms with Crippen LogP contribution in [0.25, 0.3) is 32.0 Å². The van der Waals surface area contributed by atoms with E-state index >= 15 is 0 Å². The van der Waals surface area contributed by atoms with Gasteiger partial charge in [-0.1, -0.05) is 35.6 Å². The Balaban J connectivity index is 1.38. The minimum Gasteiger partial charge on any atom is -0.406 e. The number of hydrogen-bond acceptors (Lipinski definition) is 7. The van der Waals surface area contributed by atoms with Gasteiger partial charge < -0.3 is 19.9 Å². The summed E-state index contributed by atoms with van der Waals surface area (Å²) in [5, 5.41) is 6.49. The topological polar surface area (TPSA) is 94.0 Å². The van der Waals surface area contributed by atoms with E-state index in [1.54, 1.807) is 37.6 Å². The number of nitrogens with one attached hydrogen (secondary N) is 2.